The number of likely N-dealkylation sites (N-methyl/N-ethyl adjacent to an activating group) is 1. The molecule has 0 bridgehead atoms. The van der Waals surface area contributed by atoms with Gasteiger partial charge in [0.05, 0.1) is 0 Å². The van der Waals surface area contributed by atoms with Crippen LogP contribution in [-0.2, 0) is 0 Å². The Labute approximate surface area is 121 Å². The molecule has 20 heavy (non-hydrogen) atoms. The fraction of sp³-hybridized carbons (Fsp3) is 0.600. The number of hydrogen-bond acceptors (Lipinski definition) is 4. The van der Waals surface area contributed by atoms with Crippen LogP contribution in [0.4, 0.5) is 5.82 Å². The molecule has 0 saturated heterocycles. The van der Waals surface area contributed by atoms with E-state index < -0.39 is 0 Å². The molecule has 0 radical (unpaired) electrons. The average molecular weight is 278 g/mol. The highest BCUT2D eigenvalue weighted by molar-refractivity contribution is 5.94. The molecular weight excluding hydrogens is 252 g/mol. The topological polar surface area (TPSA) is 57.3 Å². The maximum absolute atomic E-state index is 12.0. The number of hydrogen-bond donors (Lipinski definition) is 2. The molecule has 0 atom stereocenters. The second kappa shape index (κ2) is 9.31. The van der Waals surface area contributed by atoms with Crippen molar-refractivity contribution >= 4 is 11.7 Å². The van der Waals surface area contributed by atoms with E-state index in [1.54, 1.807) is 18.3 Å². The molecule has 0 aromatic carbocycles. The molecule has 2 N–H and O–H groups in total. The van der Waals surface area contributed by atoms with Crippen molar-refractivity contribution in [2.24, 2.45) is 0 Å². The van der Waals surface area contributed by atoms with Crippen molar-refractivity contribution < 1.29 is 4.79 Å². The predicted molar refractivity (Wildman–Crippen MR) is 83.1 cm³/mol. The molecule has 1 rings (SSSR count). The summed E-state index contributed by atoms with van der Waals surface area (Å²) in [5.74, 6) is 0.695. The first-order valence-electron chi connectivity index (χ1n) is 7.41. The second-order valence-electron chi connectivity index (χ2n) is 4.65. The highest BCUT2D eigenvalue weighted by Crippen LogP contribution is 2.06. The first-order valence-corrected chi connectivity index (χ1v) is 7.41. The lowest BCUT2D eigenvalue weighted by Crippen LogP contribution is -2.35. The van der Waals surface area contributed by atoms with E-state index >= 15 is 0 Å². The standard InChI is InChI=1S/C15H26N4O/c1-4-10-19(6-3)11-9-18-15(20)13-7-8-17-14(12-13)16-5-2/h7-8,12H,4-6,9-11H2,1-3H3,(H,16,17)(H,18,20). The zero-order valence-corrected chi connectivity index (χ0v) is 12.8. The molecule has 1 amide bonds. The fourth-order valence-corrected chi connectivity index (χ4v) is 2.02. The zero-order chi connectivity index (χ0) is 14.8. The van der Waals surface area contributed by atoms with Gasteiger partial charge in [0, 0.05) is 31.4 Å². The van der Waals surface area contributed by atoms with Gasteiger partial charge in [0.1, 0.15) is 5.82 Å². The van der Waals surface area contributed by atoms with E-state index in [0.717, 1.165) is 38.4 Å². The van der Waals surface area contributed by atoms with Gasteiger partial charge in [0.25, 0.3) is 5.91 Å². The Bertz CT molecular complexity index is 409. The third-order valence-electron chi connectivity index (χ3n) is 3.08. The number of pyridine rings is 1. The number of carbonyl (C=O) groups is 1. The van der Waals surface area contributed by atoms with Crippen molar-refractivity contribution in [2.75, 3.05) is 38.0 Å². The van der Waals surface area contributed by atoms with Crippen molar-refractivity contribution in [3.63, 3.8) is 0 Å². The molecule has 0 saturated carbocycles. The van der Waals surface area contributed by atoms with E-state index in [0.29, 0.717) is 12.1 Å². The number of carbonyl (C=O) groups excluding carboxylic acids is 1. The van der Waals surface area contributed by atoms with Gasteiger partial charge >= 0.3 is 0 Å². The summed E-state index contributed by atoms with van der Waals surface area (Å²) in [6.45, 7) is 10.8. The molecular formula is C15H26N4O. The van der Waals surface area contributed by atoms with Gasteiger partial charge < -0.3 is 15.5 Å². The lowest BCUT2D eigenvalue weighted by molar-refractivity contribution is 0.0948. The Kier molecular flexibility index (Phi) is 7.65. The highest BCUT2D eigenvalue weighted by Gasteiger charge is 2.07. The number of anilines is 1. The molecule has 0 unspecified atom stereocenters. The SMILES string of the molecule is CCCN(CC)CCNC(=O)c1ccnc(NCC)c1. The minimum atomic E-state index is -0.0425. The number of aromatic nitrogens is 1. The number of nitrogens with one attached hydrogen (secondary N) is 2. The molecule has 5 heteroatoms. The summed E-state index contributed by atoms with van der Waals surface area (Å²) in [7, 11) is 0. The van der Waals surface area contributed by atoms with E-state index in [-0.39, 0.29) is 5.91 Å². The molecule has 0 aliphatic rings. The van der Waals surface area contributed by atoms with Crippen molar-refractivity contribution in [1.82, 2.24) is 15.2 Å². The summed E-state index contributed by atoms with van der Waals surface area (Å²) in [5, 5.41) is 6.06. The van der Waals surface area contributed by atoms with E-state index in [4.69, 9.17) is 0 Å². The van der Waals surface area contributed by atoms with Gasteiger partial charge in [0.15, 0.2) is 0 Å². The third kappa shape index (κ3) is 5.57. The van der Waals surface area contributed by atoms with Gasteiger partial charge in [-0.3, -0.25) is 4.79 Å². The van der Waals surface area contributed by atoms with Crippen LogP contribution < -0.4 is 10.6 Å². The van der Waals surface area contributed by atoms with Crippen molar-refractivity contribution in [3.05, 3.63) is 23.9 Å². The first kappa shape index (κ1) is 16.4. The molecule has 112 valence electrons. The molecule has 0 aliphatic heterocycles. The summed E-state index contributed by atoms with van der Waals surface area (Å²) in [6.07, 6.45) is 2.79. The number of nitrogens with zero attached hydrogens (tertiary/aromatic N) is 2. The minimum absolute atomic E-state index is 0.0425. The smallest absolute Gasteiger partial charge is 0.251 e. The van der Waals surface area contributed by atoms with Gasteiger partial charge in [-0.1, -0.05) is 13.8 Å². The van der Waals surface area contributed by atoms with Gasteiger partial charge in [-0.05, 0) is 38.6 Å². The van der Waals surface area contributed by atoms with Crippen LogP contribution in [0.1, 0.15) is 37.6 Å². The van der Waals surface area contributed by atoms with Crippen LogP contribution in [0.15, 0.2) is 18.3 Å². The Morgan fingerprint density at radius 1 is 1.30 bits per heavy atom. The van der Waals surface area contributed by atoms with Crippen LogP contribution in [-0.4, -0.2) is 48.5 Å². The van der Waals surface area contributed by atoms with Gasteiger partial charge in [-0.15, -0.1) is 0 Å². The summed E-state index contributed by atoms with van der Waals surface area (Å²) >= 11 is 0. The summed E-state index contributed by atoms with van der Waals surface area (Å²) in [4.78, 5) is 18.5. The summed E-state index contributed by atoms with van der Waals surface area (Å²) in [6, 6.07) is 3.52. The van der Waals surface area contributed by atoms with E-state index in [9.17, 15) is 4.79 Å². The minimum Gasteiger partial charge on any atom is -0.370 e. The maximum Gasteiger partial charge on any atom is 0.251 e. The zero-order valence-electron chi connectivity index (χ0n) is 12.8. The van der Waals surface area contributed by atoms with Crippen LogP contribution in [0.3, 0.4) is 0 Å². The van der Waals surface area contributed by atoms with Gasteiger partial charge in [-0.2, -0.15) is 0 Å². The Morgan fingerprint density at radius 2 is 2.10 bits per heavy atom. The Hall–Kier alpha value is -1.62. The summed E-state index contributed by atoms with van der Waals surface area (Å²) in [5.41, 5.74) is 0.648. The number of amides is 1. The molecule has 1 aromatic rings. The predicted octanol–water partition coefficient (Wildman–Crippen LogP) is 1.98. The normalized spacial score (nSPS) is 10.6. The first-order chi connectivity index (χ1) is 9.71. The summed E-state index contributed by atoms with van der Waals surface area (Å²) < 4.78 is 0. The highest BCUT2D eigenvalue weighted by atomic mass is 16.1. The van der Waals surface area contributed by atoms with Gasteiger partial charge in [0.2, 0.25) is 0 Å². The van der Waals surface area contributed by atoms with E-state index in [1.165, 1.54) is 0 Å². The monoisotopic (exact) mass is 278 g/mol. The molecule has 1 aromatic heterocycles. The van der Waals surface area contributed by atoms with Crippen LogP contribution in [0, 0.1) is 0 Å². The largest absolute Gasteiger partial charge is 0.370 e. The van der Waals surface area contributed by atoms with Crippen molar-refractivity contribution in [3.8, 4) is 0 Å². The lowest BCUT2D eigenvalue weighted by atomic mass is 10.2. The Balaban J connectivity index is 2.44. The van der Waals surface area contributed by atoms with Crippen LogP contribution in [0.25, 0.3) is 0 Å². The second-order valence-corrected chi connectivity index (χ2v) is 4.65. The maximum atomic E-state index is 12.0. The van der Waals surface area contributed by atoms with Crippen molar-refractivity contribution in [2.45, 2.75) is 27.2 Å². The number of rotatable bonds is 9. The molecule has 0 aliphatic carbocycles. The van der Waals surface area contributed by atoms with Crippen LogP contribution in [0.5, 0.6) is 0 Å². The molecule has 0 fully saturated rings. The molecule has 5 nitrogen and oxygen atoms in total. The molecule has 0 spiro atoms. The fourth-order valence-electron chi connectivity index (χ4n) is 2.02. The Morgan fingerprint density at radius 3 is 2.75 bits per heavy atom. The van der Waals surface area contributed by atoms with E-state index in [1.807, 2.05) is 6.92 Å². The van der Waals surface area contributed by atoms with Crippen molar-refractivity contribution in [1.29, 1.82) is 0 Å². The third-order valence-corrected chi connectivity index (χ3v) is 3.08. The quantitative estimate of drug-likeness (QED) is 0.725. The average Bonchev–Trinajstić information content (AvgIpc) is 2.47. The lowest BCUT2D eigenvalue weighted by Gasteiger charge is -2.19. The van der Waals surface area contributed by atoms with Gasteiger partial charge in [-0.25, -0.2) is 4.98 Å². The van der Waals surface area contributed by atoms with E-state index in [2.05, 4.69) is 34.4 Å². The van der Waals surface area contributed by atoms with Crippen LogP contribution in [0.2, 0.25) is 0 Å². The molecule has 1 heterocycles. The van der Waals surface area contributed by atoms with Crippen LogP contribution >= 0.6 is 0 Å².